The monoisotopic (exact) mass is 516 g/mol. The predicted molar refractivity (Wildman–Crippen MR) is 130 cm³/mol. The van der Waals surface area contributed by atoms with Crippen molar-refractivity contribution in [1.82, 2.24) is 9.21 Å². The minimum absolute atomic E-state index is 0.0468. The lowest BCUT2D eigenvalue weighted by atomic mass is 9.95. The number of phenols is 1. The van der Waals surface area contributed by atoms with Crippen molar-refractivity contribution in [2.24, 2.45) is 0 Å². The Morgan fingerprint density at radius 3 is 2.44 bits per heavy atom. The van der Waals surface area contributed by atoms with Crippen molar-refractivity contribution in [1.29, 1.82) is 0 Å². The maximum Gasteiger partial charge on any atom is 0.295 e. The lowest BCUT2D eigenvalue weighted by Crippen LogP contribution is -2.40. The zero-order valence-electron chi connectivity index (χ0n) is 19.8. The first-order valence-electron chi connectivity index (χ1n) is 11.5. The third kappa shape index (κ3) is 5.00. The average Bonchev–Trinajstić information content (AvgIpc) is 3.14. The highest BCUT2D eigenvalue weighted by Crippen LogP contribution is 2.40. The number of phenolic OH excluding ortho intramolecular Hbond substituents is 1. The number of nitrogens with zero attached hydrogens (tertiary/aromatic N) is 2. The summed E-state index contributed by atoms with van der Waals surface area (Å²) in [6.07, 6.45) is 0.465. The fourth-order valence-corrected chi connectivity index (χ4v) is 5.82. The smallest absolute Gasteiger partial charge is 0.295 e. The lowest BCUT2D eigenvalue weighted by molar-refractivity contribution is -0.140. The summed E-state index contributed by atoms with van der Waals surface area (Å²) in [6.45, 7) is 1.71. The Bertz CT molecular complexity index is 1270. The van der Waals surface area contributed by atoms with Crippen molar-refractivity contribution < 1.29 is 37.7 Å². The van der Waals surface area contributed by atoms with Gasteiger partial charge in [0, 0.05) is 38.9 Å². The number of Topliss-reactive ketones (excluding diaryl/α,β-unsaturated/α-hetero) is 1. The number of hydrogen-bond acceptors (Lipinski definition) is 8. The molecule has 2 aromatic carbocycles. The number of hydrogen-bond donors (Lipinski definition) is 2. The van der Waals surface area contributed by atoms with Crippen molar-refractivity contribution in [3.8, 4) is 5.75 Å². The third-order valence-electron chi connectivity index (χ3n) is 6.21. The highest BCUT2D eigenvalue weighted by molar-refractivity contribution is 7.89. The first-order chi connectivity index (χ1) is 17.3. The van der Waals surface area contributed by atoms with Gasteiger partial charge < -0.3 is 24.6 Å². The zero-order chi connectivity index (χ0) is 25.9. The summed E-state index contributed by atoms with van der Waals surface area (Å²) in [5.41, 5.74) is 0.516. The maximum absolute atomic E-state index is 13.0. The van der Waals surface area contributed by atoms with Gasteiger partial charge in [0.05, 0.1) is 29.7 Å². The number of carbonyl (C=O) groups excluding carboxylic acids is 2. The molecule has 0 aliphatic carbocycles. The minimum Gasteiger partial charge on any atom is -0.508 e. The number of morpholine rings is 1. The van der Waals surface area contributed by atoms with Crippen LogP contribution in [0.15, 0.2) is 59.0 Å². The second kappa shape index (κ2) is 10.8. The molecular weight excluding hydrogens is 488 g/mol. The van der Waals surface area contributed by atoms with Gasteiger partial charge in [0.15, 0.2) is 0 Å². The van der Waals surface area contributed by atoms with Gasteiger partial charge in [-0.25, -0.2) is 8.42 Å². The van der Waals surface area contributed by atoms with E-state index in [1.165, 1.54) is 52.7 Å². The Kier molecular flexibility index (Phi) is 7.74. The molecule has 0 aromatic heterocycles. The molecule has 2 aliphatic heterocycles. The Morgan fingerprint density at radius 1 is 1.11 bits per heavy atom. The van der Waals surface area contributed by atoms with Crippen LogP contribution in [0, 0.1) is 0 Å². The van der Waals surface area contributed by atoms with E-state index in [9.17, 15) is 28.2 Å². The first kappa shape index (κ1) is 25.8. The number of methoxy groups -OCH3 is 1. The molecule has 10 nitrogen and oxygen atoms in total. The highest BCUT2D eigenvalue weighted by atomic mass is 32.2. The van der Waals surface area contributed by atoms with E-state index in [-0.39, 0.29) is 41.4 Å². The Balaban J connectivity index is 1.72. The fraction of sp³-hybridized carbons (Fsp3) is 0.360. The van der Waals surface area contributed by atoms with Crippen LogP contribution in [0.4, 0.5) is 0 Å². The Labute approximate surface area is 209 Å². The second-order valence-electron chi connectivity index (χ2n) is 8.47. The lowest BCUT2D eigenvalue weighted by Gasteiger charge is -2.26. The van der Waals surface area contributed by atoms with Gasteiger partial charge in [-0.2, -0.15) is 4.31 Å². The molecule has 0 unspecified atom stereocenters. The van der Waals surface area contributed by atoms with E-state index in [1.807, 2.05) is 0 Å². The average molecular weight is 517 g/mol. The van der Waals surface area contributed by atoms with E-state index in [0.717, 1.165) is 0 Å². The van der Waals surface area contributed by atoms with Gasteiger partial charge in [-0.15, -0.1) is 0 Å². The third-order valence-corrected chi connectivity index (χ3v) is 8.12. The number of aliphatic hydroxyl groups is 1. The van der Waals surface area contributed by atoms with E-state index in [2.05, 4.69) is 0 Å². The molecule has 2 fully saturated rings. The van der Waals surface area contributed by atoms with E-state index >= 15 is 0 Å². The molecule has 1 atom stereocenters. The van der Waals surface area contributed by atoms with Gasteiger partial charge in [0.25, 0.3) is 11.7 Å². The summed E-state index contributed by atoms with van der Waals surface area (Å²) >= 11 is 0. The molecule has 2 N–H and O–H groups in total. The van der Waals surface area contributed by atoms with Crippen molar-refractivity contribution >= 4 is 27.5 Å². The summed E-state index contributed by atoms with van der Waals surface area (Å²) in [5.74, 6) is -2.10. The number of benzene rings is 2. The molecule has 2 aromatic rings. The maximum atomic E-state index is 13.0. The van der Waals surface area contributed by atoms with Crippen LogP contribution in [-0.2, 0) is 29.1 Å². The van der Waals surface area contributed by atoms with Crippen LogP contribution in [0.1, 0.15) is 23.6 Å². The second-order valence-corrected chi connectivity index (χ2v) is 10.4. The normalized spacial score (nSPS) is 20.7. The van der Waals surface area contributed by atoms with E-state index in [1.54, 1.807) is 12.1 Å². The van der Waals surface area contributed by atoms with Crippen LogP contribution in [0.2, 0.25) is 0 Å². The summed E-state index contributed by atoms with van der Waals surface area (Å²) in [4.78, 5) is 27.3. The number of rotatable bonds is 8. The number of ketones is 1. The quantitative estimate of drug-likeness (QED) is 0.235. The number of amides is 1. The summed E-state index contributed by atoms with van der Waals surface area (Å²) in [5, 5.41) is 21.2. The van der Waals surface area contributed by atoms with Gasteiger partial charge in [-0.1, -0.05) is 12.1 Å². The predicted octanol–water partition coefficient (Wildman–Crippen LogP) is 1.87. The minimum atomic E-state index is -3.74. The van der Waals surface area contributed by atoms with Gasteiger partial charge in [-0.05, 0) is 48.4 Å². The number of likely N-dealkylation sites (tertiary alicyclic amines) is 1. The summed E-state index contributed by atoms with van der Waals surface area (Å²) in [6, 6.07) is 10.7. The van der Waals surface area contributed by atoms with Gasteiger partial charge in [-0.3, -0.25) is 9.59 Å². The van der Waals surface area contributed by atoms with Crippen molar-refractivity contribution in [3.63, 3.8) is 0 Å². The molecule has 36 heavy (non-hydrogen) atoms. The van der Waals surface area contributed by atoms with E-state index < -0.39 is 33.5 Å². The molecule has 1 amide bonds. The Hall–Kier alpha value is -3.25. The summed E-state index contributed by atoms with van der Waals surface area (Å²) in [7, 11) is -2.20. The van der Waals surface area contributed by atoms with Crippen LogP contribution in [0.25, 0.3) is 5.76 Å². The standard InChI is InChI=1S/C25H28N2O8S/c1-34-13-3-10-27-22(18-4-2-5-19(28)16-18)21(24(30)25(27)31)23(29)17-6-8-20(9-7-17)36(32,33)26-11-14-35-15-12-26/h2,4-9,16,22,28-29H,3,10-15H2,1H3/t22-/m1/s1. The van der Waals surface area contributed by atoms with Crippen molar-refractivity contribution in [3.05, 3.63) is 65.2 Å². The number of sulfonamides is 1. The fourth-order valence-electron chi connectivity index (χ4n) is 4.41. The van der Waals surface area contributed by atoms with Crippen LogP contribution in [0.5, 0.6) is 5.75 Å². The molecule has 2 aliphatic rings. The van der Waals surface area contributed by atoms with Gasteiger partial charge >= 0.3 is 0 Å². The number of ether oxygens (including phenoxy) is 2. The molecule has 0 spiro atoms. The number of carbonyl (C=O) groups is 2. The van der Waals surface area contributed by atoms with Crippen LogP contribution < -0.4 is 0 Å². The molecule has 4 rings (SSSR count). The summed E-state index contributed by atoms with van der Waals surface area (Å²) < 4.78 is 37.4. The van der Waals surface area contributed by atoms with Gasteiger partial charge in [0.2, 0.25) is 10.0 Å². The molecule has 0 bridgehead atoms. The molecule has 11 heteroatoms. The van der Waals surface area contributed by atoms with Crippen molar-refractivity contribution in [2.75, 3.05) is 46.6 Å². The number of aromatic hydroxyl groups is 1. The topological polar surface area (TPSA) is 134 Å². The molecular formula is C25H28N2O8S. The van der Waals surface area contributed by atoms with Crippen LogP contribution in [0.3, 0.4) is 0 Å². The van der Waals surface area contributed by atoms with Gasteiger partial charge in [0.1, 0.15) is 11.5 Å². The van der Waals surface area contributed by atoms with E-state index in [4.69, 9.17) is 9.47 Å². The Morgan fingerprint density at radius 2 is 1.81 bits per heavy atom. The molecule has 0 radical (unpaired) electrons. The van der Waals surface area contributed by atoms with Crippen LogP contribution >= 0.6 is 0 Å². The molecule has 2 heterocycles. The zero-order valence-corrected chi connectivity index (χ0v) is 20.6. The largest absolute Gasteiger partial charge is 0.508 e. The SMILES string of the molecule is COCCCN1C(=O)C(=O)C(=C(O)c2ccc(S(=O)(=O)N3CCOCC3)cc2)[C@H]1c1cccc(O)c1. The molecule has 192 valence electrons. The number of aliphatic hydroxyl groups excluding tert-OH is 1. The highest BCUT2D eigenvalue weighted by Gasteiger charge is 2.46. The van der Waals surface area contributed by atoms with Crippen LogP contribution in [-0.4, -0.2) is 86.1 Å². The first-order valence-corrected chi connectivity index (χ1v) is 12.9. The van der Waals surface area contributed by atoms with Crippen molar-refractivity contribution in [2.45, 2.75) is 17.4 Å². The van der Waals surface area contributed by atoms with E-state index in [0.29, 0.717) is 31.8 Å². The molecule has 0 saturated carbocycles. The molecule has 2 saturated heterocycles.